The van der Waals surface area contributed by atoms with E-state index in [4.69, 9.17) is 4.74 Å². The van der Waals surface area contributed by atoms with Crippen molar-refractivity contribution in [3.63, 3.8) is 0 Å². The van der Waals surface area contributed by atoms with Crippen LogP contribution in [0.1, 0.15) is 18.4 Å². The molecule has 28 heavy (non-hydrogen) atoms. The lowest BCUT2D eigenvalue weighted by Crippen LogP contribution is -2.36. The molecule has 0 aliphatic carbocycles. The number of morpholine rings is 1. The highest BCUT2D eigenvalue weighted by Crippen LogP contribution is 2.37. The summed E-state index contributed by atoms with van der Waals surface area (Å²) in [6.45, 7) is 4.25. The lowest BCUT2D eigenvalue weighted by Gasteiger charge is -2.28. The Kier molecular flexibility index (Phi) is 5.25. The average molecular weight is 393 g/mol. The molecule has 2 aromatic rings. The second-order valence-corrected chi connectivity index (χ2v) is 6.89. The minimum Gasteiger partial charge on any atom is -0.378 e. The first kappa shape index (κ1) is 18.8. The summed E-state index contributed by atoms with van der Waals surface area (Å²) >= 11 is 0. The van der Waals surface area contributed by atoms with Crippen molar-refractivity contribution in [3.8, 4) is 0 Å². The number of hydrogen-bond donors (Lipinski definition) is 1. The van der Waals surface area contributed by atoms with Crippen LogP contribution < -0.4 is 15.1 Å². The van der Waals surface area contributed by atoms with E-state index < -0.39 is 11.7 Å². The molecule has 0 spiro atoms. The quantitative estimate of drug-likeness (QED) is 0.855. The zero-order valence-electron chi connectivity index (χ0n) is 15.4. The second-order valence-electron chi connectivity index (χ2n) is 6.89. The fourth-order valence-electron chi connectivity index (χ4n) is 3.51. The Balaban J connectivity index is 1.53. The Hall–Kier alpha value is -2.55. The summed E-state index contributed by atoms with van der Waals surface area (Å²) in [5.41, 5.74) is 1.02. The van der Waals surface area contributed by atoms with Crippen molar-refractivity contribution in [1.29, 1.82) is 0 Å². The van der Waals surface area contributed by atoms with Crippen LogP contribution in [0.25, 0.3) is 0 Å². The topological polar surface area (TPSA) is 53.5 Å². The molecular weight excluding hydrogens is 371 g/mol. The molecule has 1 aromatic carbocycles. The van der Waals surface area contributed by atoms with Gasteiger partial charge in [-0.3, -0.25) is 0 Å². The molecule has 150 valence electrons. The van der Waals surface area contributed by atoms with Gasteiger partial charge in [-0.1, -0.05) is 0 Å². The number of ether oxygens (including phenoxy) is 1. The van der Waals surface area contributed by atoms with Crippen LogP contribution >= 0.6 is 0 Å². The van der Waals surface area contributed by atoms with Crippen molar-refractivity contribution >= 4 is 23.1 Å². The van der Waals surface area contributed by atoms with E-state index in [1.165, 1.54) is 0 Å². The van der Waals surface area contributed by atoms with Gasteiger partial charge in [-0.2, -0.15) is 18.2 Å². The molecule has 0 saturated carbocycles. The fraction of sp³-hybridized carbons (Fsp3) is 0.474. The molecular formula is C19H22F3N5O. The minimum atomic E-state index is -4.48. The molecule has 1 N–H and O–H groups in total. The van der Waals surface area contributed by atoms with Gasteiger partial charge in [0.15, 0.2) is 0 Å². The van der Waals surface area contributed by atoms with Crippen LogP contribution in [0.2, 0.25) is 0 Å². The van der Waals surface area contributed by atoms with Crippen molar-refractivity contribution in [2.75, 3.05) is 54.5 Å². The first-order valence-electron chi connectivity index (χ1n) is 9.40. The largest absolute Gasteiger partial charge is 0.421 e. The number of nitrogens with one attached hydrogen (secondary N) is 1. The monoisotopic (exact) mass is 393 g/mol. The van der Waals surface area contributed by atoms with Crippen molar-refractivity contribution < 1.29 is 17.9 Å². The Labute approximate surface area is 161 Å². The molecule has 9 heteroatoms. The maximum absolute atomic E-state index is 13.3. The molecule has 6 nitrogen and oxygen atoms in total. The van der Waals surface area contributed by atoms with Gasteiger partial charge in [-0.25, -0.2) is 4.98 Å². The van der Waals surface area contributed by atoms with Crippen LogP contribution in [0.15, 0.2) is 30.5 Å². The number of rotatable bonds is 4. The van der Waals surface area contributed by atoms with Gasteiger partial charge in [-0.05, 0) is 37.1 Å². The fourth-order valence-corrected chi connectivity index (χ4v) is 3.51. The Morgan fingerprint density at radius 1 is 0.929 bits per heavy atom. The van der Waals surface area contributed by atoms with E-state index in [1.807, 2.05) is 24.3 Å². The van der Waals surface area contributed by atoms with E-state index in [9.17, 15) is 13.2 Å². The number of hydrogen-bond acceptors (Lipinski definition) is 6. The molecule has 0 bridgehead atoms. The zero-order chi connectivity index (χ0) is 19.6. The number of alkyl halides is 3. The highest BCUT2D eigenvalue weighted by Gasteiger charge is 2.37. The van der Waals surface area contributed by atoms with Crippen LogP contribution in [-0.4, -0.2) is 49.4 Å². The second kappa shape index (κ2) is 7.83. The standard InChI is InChI=1S/C19H22F3N5O/c20-19(21,22)16-13-23-18(25-17(16)27-7-1-2-8-27)24-14-3-5-15(6-4-14)26-9-11-28-12-10-26/h3-6,13H,1-2,7-12H2,(H,23,24,25). The molecule has 2 saturated heterocycles. The Bertz CT molecular complexity index is 800. The van der Waals surface area contributed by atoms with E-state index in [1.54, 1.807) is 4.90 Å². The van der Waals surface area contributed by atoms with Crippen LogP contribution in [0.3, 0.4) is 0 Å². The van der Waals surface area contributed by atoms with Gasteiger partial charge < -0.3 is 19.9 Å². The number of halogens is 3. The van der Waals surface area contributed by atoms with Crippen LogP contribution in [0, 0.1) is 0 Å². The van der Waals surface area contributed by atoms with Crippen molar-refractivity contribution in [1.82, 2.24) is 9.97 Å². The van der Waals surface area contributed by atoms with Gasteiger partial charge in [-0.15, -0.1) is 0 Å². The molecule has 2 aliphatic rings. The van der Waals surface area contributed by atoms with Gasteiger partial charge >= 0.3 is 6.18 Å². The normalized spacial score (nSPS) is 17.8. The third-order valence-electron chi connectivity index (χ3n) is 4.98. The summed E-state index contributed by atoms with van der Waals surface area (Å²) < 4.78 is 45.4. The van der Waals surface area contributed by atoms with E-state index in [0.29, 0.717) is 26.3 Å². The molecule has 2 fully saturated rings. The van der Waals surface area contributed by atoms with Gasteiger partial charge in [0.2, 0.25) is 5.95 Å². The van der Waals surface area contributed by atoms with Crippen molar-refractivity contribution in [3.05, 3.63) is 36.0 Å². The number of benzene rings is 1. The van der Waals surface area contributed by atoms with E-state index in [-0.39, 0.29) is 11.8 Å². The molecule has 0 radical (unpaired) electrons. The number of nitrogens with zero attached hydrogens (tertiary/aromatic N) is 4. The summed E-state index contributed by atoms with van der Waals surface area (Å²) in [6.07, 6.45) is -1.87. The van der Waals surface area contributed by atoms with Gasteiger partial charge in [0, 0.05) is 43.8 Å². The summed E-state index contributed by atoms with van der Waals surface area (Å²) in [5, 5.41) is 3.02. The lowest BCUT2D eigenvalue weighted by molar-refractivity contribution is -0.137. The van der Waals surface area contributed by atoms with Gasteiger partial charge in [0.05, 0.1) is 13.2 Å². The Morgan fingerprint density at radius 3 is 2.25 bits per heavy atom. The van der Waals surface area contributed by atoms with Crippen LogP contribution in [-0.2, 0) is 10.9 Å². The molecule has 4 rings (SSSR count). The van der Waals surface area contributed by atoms with Crippen molar-refractivity contribution in [2.45, 2.75) is 19.0 Å². The van der Waals surface area contributed by atoms with Crippen molar-refractivity contribution in [2.24, 2.45) is 0 Å². The predicted octanol–water partition coefficient (Wildman–Crippen LogP) is 3.68. The smallest absolute Gasteiger partial charge is 0.378 e. The third kappa shape index (κ3) is 4.14. The van der Waals surface area contributed by atoms with E-state index >= 15 is 0 Å². The number of anilines is 4. The summed E-state index contributed by atoms with van der Waals surface area (Å²) in [6, 6.07) is 7.70. The molecule has 0 atom stereocenters. The van der Waals surface area contributed by atoms with E-state index in [0.717, 1.165) is 43.5 Å². The Morgan fingerprint density at radius 2 is 1.61 bits per heavy atom. The molecule has 2 aliphatic heterocycles. The maximum atomic E-state index is 13.3. The summed E-state index contributed by atoms with van der Waals surface area (Å²) in [7, 11) is 0. The first-order chi connectivity index (χ1) is 13.5. The highest BCUT2D eigenvalue weighted by molar-refractivity contribution is 5.61. The van der Waals surface area contributed by atoms with E-state index in [2.05, 4.69) is 20.2 Å². The van der Waals surface area contributed by atoms with Crippen LogP contribution in [0.4, 0.5) is 36.3 Å². The van der Waals surface area contributed by atoms with Crippen LogP contribution in [0.5, 0.6) is 0 Å². The third-order valence-corrected chi connectivity index (χ3v) is 4.98. The molecule has 3 heterocycles. The summed E-state index contributed by atoms with van der Waals surface area (Å²) in [4.78, 5) is 12.0. The molecule has 0 unspecified atom stereocenters. The highest BCUT2D eigenvalue weighted by atomic mass is 19.4. The minimum absolute atomic E-state index is 0.0487. The zero-order valence-corrected chi connectivity index (χ0v) is 15.4. The SMILES string of the molecule is FC(F)(F)c1cnc(Nc2ccc(N3CCOCC3)cc2)nc1N1CCCC1. The molecule has 1 aromatic heterocycles. The lowest BCUT2D eigenvalue weighted by atomic mass is 10.2. The summed E-state index contributed by atoms with van der Waals surface area (Å²) in [5.74, 6) is 0.112. The average Bonchev–Trinajstić information content (AvgIpc) is 3.23. The van der Waals surface area contributed by atoms with Gasteiger partial charge in [0.25, 0.3) is 0 Å². The first-order valence-corrected chi connectivity index (χ1v) is 9.40. The van der Waals surface area contributed by atoms with Gasteiger partial charge in [0.1, 0.15) is 11.4 Å². The predicted molar refractivity (Wildman–Crippen MR) is 101 cm³/mol. The molecule has 0 amide bonds. The number of aromatic nitrogens is 2. The maximum Gasteiger partial charge on any atom is 0.421 e.